The predicted molar refractivity (Wildman–Crippen MR) is 167 cm³/mol. The second kappa shape index (κ2) is 14.1. The minimum Gasteiger partial charge on any atom is -0.487 e. The van der Waals surface area contributed by atoms with Gasteiger partial charge in [0.15, 0.2) is 0 Å². The van der Waals surface area contributed by atoms with Gasteiger partial charge in [-0.05, 0) is 66.4 Å². The number of fused-ring (bicyclic) bond motifs is 1. The SMILES string of the molecule is CC(CC(=O)O)SC(CCc1ccc(Cl)cc1C(=O)N(C)C)c1cccc(OCc2ccc3ccc(Cl)cc3n2)c1. The molecule has 9 heteroatoms. The third-order valence-electron chi connectivity index (χ3n) is 6.57. The number of carbonyl (C=O) groups excluding carboxylic acids is 1. The molecule has 0 bridgehead atoms. The van der Waals surface area contributed by atoms with Crippen LogP contribution in [-0.2, 0) is 17.8 Å². The van der Waals surface area contributed by atoms with Gasteiger partial charge in [-0.2, -0.15) is 11.8 Å². The molecule has 1 N–H and O–H groups in total. The summed E-state index contributed by atoms with van der Waals surface area (Å²) in [4.78, 5) is 30.4. The van der Waals surface area contributed by atoms with Gasteiger partial charge < -0.3 is 14.7 Å². The molecule has 214 valence electrons. The van der Waals surface area contributed by atoms with E-state index in [9.17, 15) is 14.7 Å². The van der Waals surface area contributed by atoms with E-state index < -0.39 is 5.97 Å². The lowest BCUT2D eigenvalue weighted by atomic mass is 9.98. The first-order valence-corrected chi connectivity index (χ1v) is 14.9. The van der Waals surface area contributed by atoms with Crippen LogP contribution in [0.3, 0.4) is 0 Å². The molecular weight excluding hydrogens is 579 g/mol. The number of carboxylic acid groups (broad SMARTS) is 1. The first kappa shape index (κ1) is 30.7. The van der Waals surface area contributed by atoms with Gasteiger partial charge in [0.25, 0.3) is 5.91 Å². The number of aryl methyl sites for hydroxylation is 1. The largest absolute Gasteiger partial charge is 0.487 e. The van der Waals surface area contributed by atoms with Crippen molar-refractivity contribution in [1.29, 1.82) is 0 Å². The molecule has 0 saturated heterocycles. The Morgan fingerprint density at radius 1 is 1.00 bits per heavy atom. The molecule has 2 atom stereocenters. The molecule has 0 saturated carbocycles. The maximum Gasteiger partial charge on any atom is 0.304 e. The van der Waals surface area contributed by atoms with E-state index in [1.54, 1.807) is 38.0 Å². The molecule has 1 heterocycles. The maximum absolute atomic E-state index is 12.8. The van der Waals surface area contributed by atoms with Crippen LogP contribution in [-0.4, -0.2) is 46.2 Å². The lowest BCUT2D eigenvalue weighted by Crippen LogP contribution is -2.23. The summed E-state index contributed by atoms with van der Waals surface area (Å²) in [7, 11) is 3.43. The normalized spacial score (nSPS) is 12.6. The number of hydrogen-bond acceptors (Lipinski definition) is 5. The molecule has 4 rings (SSSR count). The Kier molecular flexibility index (Phi) is 10.5. The molecule has 4 aromatic rings. The van der Waals surface area contributed by atoms with E-state index in [1.165, 1.54) is 4.90 Å². The van der Waals surface area contributed by atoms with Crippen molar-refractivity contribution in [2.75, 3.05) is 14.1 Å². The summed E-state index contributed by atoms with van der Waals surface area (Å²) in [6.45, 7) is 2.22. The number of carbonyl (C=O) groups is 2. The monoisotopic (exact) mass is 610 g/mol. The zero-order valence-electron chi connectivity index (χ0n) is 23.1. The van der Waals surface area contributed by atoms with Gasteiger partial charge in [-0.3, -0.25) is 9.59 Å². The van der Waals surface area contributed by atoms with Gasteiger partial charge in [0.2, 0.25) is 0 Å². The molecule has 41 heavy (non-hydrogen) atoms. The van der Waals surface area contributed by atoms with Gasteiger partial charge in [0, 0.05) is 45.6 Å². The van der Waals surface area contributed by atoms with Gasteiger partial charge in [0.05, 0.1) is 17.6 Å². The molecule has 0 aliphatic carbocycles. The van der Waals surface area contributed by atoms with Crippen LogP contribution in [0.15, 0.2) is 72.8 Å². The van der Waals surface area contributed by atoms with E-state index in [1.807, 2.05) is 67.6 Å². The summed E-state index contributed by atoms with van der Waals surface area (Å²) in [5.41, 5.74) is 4.10. The summed E-state index contributed by atoms with van der Waals surface area (Å²) < 4.78 is 6.12. The third-order valence-corrected chi connectivity index (χ3v) is 8.51. The van der Waals surface area contributed by atoms with Crippen molar-refractivity contribution in [1.82, 2.24) is 9.88 Å². The number of ether oxygens (including phenoxy) is 1. The Morgan fingerprint density at radius 2 is 1.73 bits per heavy atom. The number of carboxylic acids is 1. The van der Waals surface area contributed by atoms with Crippen molar-refractivity contribution in [3.63, 3.8) is 0 Å². The number of aromatic nitrogens is 1. The fourth-order valence-electron chi connectivity index (χ4n) is 4.56. The highest BCUT2D eigenvalue weighted by Gasteiger charge is 2.21. The zero-order chi connectivity index (χ0) is 29.5. The Hall–Kier alpha value is -3.26. The molecule has 2 unspecified atom stereocenters. The van der Waals surface area contributed by atoms with Crippen LogP contribution in [0, 0.1) is 0 Å². The first-order chi connectivity index (χ1) is 19.6. The number of pyridine rings is 1. The van der Waals surface area contributed by atoms with Gasteiger partial charge >= 0.3 is 5.97 Å². The number of thioether (sulfide) groups is 1. The topological polar surface area (TPSA) is 79.7 Å². The minimum absolute atomic E-state index is 0.0215. The molecule has 0 spiro atoms. The summed E-state index contributed by atoms with van der Waals surface area (Å²) >= 11 is 14.0. The number of hydrogen-bond donors (Lipinski definition) is 1. The summed E-state index contributed by atoms with van der Waals surface area (Å²) in [5.74, 6) is -0.241. The van der Waals surface area contributed by atoms with Crippen LogP contribution in [0.2, 0.25) is 10.0 Å². The van der Waals surface area contributed by atoms with E-state index in [0.717, 1.165) is 27.7 Å². The van der Waals surface area contributed by atoms with Gasteiger partial charge in [0.1, 0.15) is 12.4 Å². The van der Waals surface area contributed by atoms with Crippen molar-refractivity contribution >= 4 is 57.7 Å². The molecular formula is C32H32Cl2N2O4S. The molecule has 0 fully saturated rings. The van der Waals surface area contributed by atoms with Crippen molar-refractivity contribution < 1.29 is 19.4 Å². The highest BCUT2D eigenvalue weighted by molar-refractivity contribution is 8.00. The predicted octanol–water partition coefficient (Wildman–Crippen LogP) is 8.09. The van der Waals surface area contributed by atoms with Gasteiger partial charge in [-0.25, -0.2) is 4.98 Å². The van der Waals surface area contributed by atoms with Gasteiger partial charge in [-0.15, -0.1) is 0 Å². The number of benzene rings is 3. The third kappa shape index (κ3) is 8.62. The molecule has 6 nitrogen and oxygen atoms in total. The Balaban J connectivity index is 1.53. The standard InChI is InChI=1S/C32H32Cl2N2O4S/c1-20(15-31(37)38)41-30(14-10-21-7-11-24(33)17-28(21)32(39)36(2)3)23-5-4-6-27(16-23)40-19-26-13-9-22-8-12-25(34)18-29(22)35-26/h4-9,11-13,16-18,20,30H,10,14-15,19H2,1-3H3,(H,37,38). The maximum atomic E-state index is 12.8. The van der Waals surface area contributed by atoms with Crippen molar-refractivity contribution in [3.8, 4) is 5.75 Å². The van der Waals surface area contributed by atoms with Crippen LogP contribution < -0.4 is 4.74 Å². The lowest BCUT2D eigenvalue weighted by Gasteiger charge is -2.22. The second-order valence-corrected chi connectivity index (χ2v) is 12.6. The fraction of sp³-hybridized carbons (Fsp3) is 0.281. The summed E-state index contributed by atoms with van der Waals surface area (Å²) in [5, 5.41) is 11.4. The average molecular weight is 612 g/mol. The van der Waals surface area contributed by atoms with E-state index in [4.69, 9.17) is 27.9 Å². The second-order valence-electron chi connectivity index (χ2n) is 10.1. The number of aliphatic carboxylic acids is 1. The molecule has 1 amide bonds. The average Bonchev–Trinajstić information content (AvgIpc) is 2.93. The first-order valence-electron chi connectivity index (χ1n) is 13.2. The lowest BCUT2D eigenvalue weighted by molar-refractivity contribution is -0.136. The molecule has 0 aliphatic heterocycles. The van der Waals surface area contributed by atoms with E-state index in [2.05, 4.69) is 4.98 Å². The van der Waals surface area contributed by atoms with Crippen molar-refractivity contribution in [2.24, 2.45) is 0 Å². The molecule has 1 aromatic heterocycles. The van der Waals surface area contributed by atoms with Crippen LogP contribution >= 0.6 is 35.0 Å². The van der Waals surface area contributed by atoms with Crippen molar-refractivity contribution in [2.45, 2.75) is 43.3 Å². The highest BCUT2D eigenvalue weighted by atomic mass is 35.5. The van der Waals surface area contributed by atoms with Gasteiger partial charge in [-0.1, -0.05) is 60.5 Å². The fourth-order valence-corrected chi connectivity index (χ4v) is 6.25. The number of amides is 1. The van der Waals surface area contributed by atoms with E-state index in [0.29, 0.717) is 40.8 Å². The molecule has 3 aromatic carbocycles. The summed E-state index contributed by atoms with van der Waals surface area (Å²) in [6, 6.07) is 22.8. The smallest absolute Gasteiger partial charge is 0.304 e. The molecule has 0 radical (unpaired) electrons. The van der Waals surface area contributed by atoms with Crippen LogP contribution in [0.5, 0.6) is 5.75 Å². The van der Waals surface area contributed by atoms with Crippen molar-refractivity contribution in [3.05, 3.63) is 105 Å². The Morgan fingerprint density at radius 3 is 2.49 bits per heavy atom. The van der Waals surface area contributed by atoms with Crippen LogP contribution in [0.4, 0.5) is 0 Å². The Bertz CT molecular complexity index is 1550. The molecule has 0 aliphatic rings. The van der Waals surface area contributed by atoms with E-state index >= 15 is 0 Å². The highest BCUT2D eigenvalue weighted by Crippen LogP contribution is 2.39. The number of halogens is 2. The van der Waals surface area contributed by atoms with Crippen LogP contribution in [0.1, 0.15) is 52.2 Å². The Labute approximate surface area is 254 Å². The number of nitrogens with zero attached hydrogens (tertiary/aromatic N) is 2. The number of rotatable bonds is 12. The van der Waals surface area contributed by atoms with Crippen LogP contribution in [0.25, 0.3) is 10.9 Å². The quantitative estimate of drug-likeness (QED) is 0.174. The summed E-state index contributed by atoms with van der Waals surface area (Å²) in [6.07, 6.45) is 1.37. The minimum atomic E-state index is -0.832. The zero-order valence-corrected chi connectivity index (χ0v) is 25.5. The van der Waals surface area contributed by atoms with E-state index in [-0.39, 0.29) is 22.8 Å².